The predicted octanol–water partition coefficient (Wildman–Crippen LogP) is 1.31. The Morgan fingerprint density at radius 2 is 2.08 bits per heavy atom. The molecule has 0 radical (unpaired) electrons. The number of amides is 1. The Bertz CT molecular complexity index is 936. The van der Waals surface area contributed by atoms with Crippen LogP contribution in [0.4, 0.5) is 11.5 Å². The van der Waals surface area contributed by atoms with Crippen molar-refractivity contribution in [3.8, 4) is 0 Å². The van der Waals surface area contributed by atoms with Crippen molar-refractivity contribution >= 4 is 28.3 Å². The van der Waals surface area contributed by atoms with Crippen LogP contribution in [0.15, 0.2) is 42.7 Å². The number of carbonyl (C=O) groups excluding carboxylic acids is 1. The van der Waals surface area contributed by atoms with Crippen LogP contribution < -0.4 is 9.80 Å². The number of para-hydroxylation sites is 1. The Morgan fingerprint density at radius 3 is 2.80 bits per heavy atom. The fourth-order valence-corrected chi connectivity index (χ4v) is 3.21. The molecule has 1 aliphatic heterocycles. The molecular formula is C18H19N5O2. The van der Waals surface area contributed by atoms with Gasteiger partial charge in [0.1, 0.15) is 5.82 Å². The first kappa shape index (κ1) is 15.6. The lowest BCUT2D eigenvalue weighted by Gasteiger charge is -2.35. The van der Waals surface area contributed by atoms with Crippen molar-refractivity contribution in [3.63, 3.8) is 0 Å². The molecule has 1 aliphatic rings. The molecule has 3 aromatic rings. The maximum absolute atomic E-state index is 12.6. The third-order valence-corrected chi connectivity index (χ3v) is 4.47. The van der Waals surface area contributed by atoms with E-state index in [4.69, 9.17) is 0 Å². The highest BCUT2D eigenvalue weighted by atomic mass is 16.3. The molecule has 1 aromatic carbocycles. The van der Waals surface area contributed by atoms with Gasteiger partial charge in [-0.1, -0.05) is 18.2 Å². The molecule has 128 valence electrons. The molecule has 0 saturated carbocycles. The number of aliphatic hydroxyl groups is 1. The summed E-state index contributed by atoms with van der Waals surface area (Å²) in [7, 11) is 1.83. The minimum absolute atomic E-state index is 0.00176. The molecular weight excluding hydrogens is 318 g/mol. The second-order valence-corrected chi connectivity index (χ2v) is 6.16. The summed E-state index contributed by atoms with van der Waals surface area (Å²) in [5.41, 5.74) is 2.40. The number of anilines is 2. The second kappa shape index (κ2) is 6.18. The molecule has 0 atom stereocenters. The van der Waals surface area contributed by atoms with Gasteiger partial charge in [-0.2, -0.15) is 5.10 Å². The standard InChI is InChI=1S/C18H19N5O2/c1-21-10-15(9-19-21)23-7-6-22(11-17(23)25)18-14(12-24)8-13-4-2-3-5-16(13)20-18/h2-5,8-10,24H,6-7,11-12H2,1H3. The van der Waals surface area contributed by atoms with E-state index in [1.165, 1.54) is 0 Å². The van der Waals surface area contributed by atoms with E-state index in [1.54, 1.807) is 15.8 Å². The van der Waals surface area contributed by atoms with Crippen molar-refractivity contribution in [2.24, 2.45) is 7.05 Å². The topological polar surface area (TPSA) is 74.5 Å². The number of piperazine rings is 1. The van der Waals surface area contributed by atoms with Crippen molar-refractivity contribution in [2.75, 3.05) is 29.4 Å². The number of fused-ring (bicyclic) bond motifs is 1. The van der Waals surface area contributed by atoms with Gasteiger partial charge in [-0.15, -0.1) is 0 Å². The molecule has 7 heteroatoms. The molecule has 1 amide bonds. The van der Waals surface area contributed by atoms with E-state index in [1.807, 2.05) is 48.5 Å². The number of rotatable bonds is 3. The van der Waals surface area contributed by atoms with Crippen LogP contribution in [0.5, 0.6) is 0 Å². The number of aliphatic hydroxyl groups excluding tert-OH is 1. The minimum atomic E-state index is -0.107. The van der Waals surface area contributed by atoms with Crippen molar-refractivity contribution in [1.29, 1.82) is 0 Å². The first-order chi connectivity index (χ1) is 12.2. The summed E-state index contributed by atoms with van der Waals surface area (Å²) in [6, 6.07) is 9.73. The monoisotopic (exact) mass is 337 g/mol. The molecule has 0 bridgehead atoms. The summed E-state index contributed by atoms with van der Waals surface area (Å²) in [4.78, 5) is 21.0. The highest BCUT2D eigenvalue weighted by molar-refractivity contribution is 5.97. The van der Waals surface area contributed by atoms with Crippen LogP contribution in [0.3, 0.4) is 0 Å². The zero-order valence-electron chi connectivity index (χ0n) is 14.0. The normalized spacial score (nSPS) is 15.2. The quantitative estimate of drug-likeness (QED) is 0.780. The maximum Gasteiger partial charge on any atom is 0.246 e. The summed E-state index contributed by atoms with van der Waals surface area (Å²) in [5, 5.41) is 14.8. The van der Waals surface area contributed by atoms with Crippen molar-refractivity contribution < 1.29 is 9.90 Å². The largest absolute Gasteiger partial charge is 0.392 e. The molecule has 7 nitrogen and oxygen atoms in total. The van der Waals surface area contributed by atoms with Gasteiger partial charge in [0.2, 0.25) is 5.91 Å². The highest BCUT2D eigenvalue weighted by Gasteiger charge is 2.28. The summed E-state index contributed by atoms with van der Waals surface area (Å²) in [5.74, 6) is 0.679. The van der Waals surface area contributed by atoms with E-state index >= 15 is 0 Å². The van der Waals surface area contributed by atoms with Gasteiger partial charge >= 0.3 is 0 Å². The number of carbonyl (C=O) groups is 1. The van der Waals surface area contributed by atoms with Gasteiger partial charge in [-0.25, -0.2) is 4.98 Å². The smallest absolute Gasteiger partial charge is 0.246 e. The van der Waals surface area contributed by atoms with Crippen molar-refractivity contribution in [3.05, 3.63) is 48.3 Å². The van der Waals surface area contributed by atoms with Gasteiger partial charge in [-0.3, -0.25) is 9.48 Å². The second-order valence-electron chi connectivity index (χ2n) is 6.16. The number of aromatic nitrogens is 3. The first-order valence-corrected chi connectivity index (χ1v) is 8.19. The molecule has 25 heavy (non-hydrogen) atoms. The van der Waals surface area contributed by atoms with E-state index < -0.39 is 0 Å². The van der Waals surface area contributed by atoms with Crippen molar-refractivity contribution in [2.45, 2.75) is 6.61 Å². The minimum Gasteiger partial charge on any atom is -0.392 e. The van der Waals surface area contributed by atoms with Gasteiger partial charge < -0.3 is 14.9 Å². The predicted molar refractivity (Wildman–Crippen MR) is 95.4 cm³/mol. The lowest BCUT2D eigenvalue weighted by atomic mass is 10.1. The van der Waals surface area contributed by atoms with E-state index in [-0.39, 0.29) is 19.1 Å². The molecule has 1 saturated heterocycles. The fourth-order valence-electron chi connectivity index (χ4n) is 3.21. The lowest BCUT2D eigenvalue weighted by Crippen LogP contribution is -2.51. The number of pyridine rings is 1. The van der Waals surface area contributed by atoms with E-state index in [0.717, 1.165) is 22.2 Å². The Labute approximate surface area is 145 Å². The number of nitrogens with zero attached hydrogens (tertiary/aromatic N) is 5. The van der Waals surface area contributed by atoms with Crippen LogP contribution in [0.2, 0.25) is 0 Å². The van der Waals surface area contributed by atoms with Gasteiger partial charge in [0.05, 0.1) is 30.6 Å². The fraction of sp³-hybridized carbons (Fsp3) is 0.278. The van der Waals surface area contributed by atoms with Crippen LogP contribution in [0.1, 0.15) is 5.56 Å². The molecule has 3 heterocycles. The number of hydrogen-bond acceptors (Lipinski definition) is 5. The van der Waals surface area contributed by atoms with Gasteiger partial charge in [0.15, 0.2) is 0 Å². The van der Waals surface area contributed by atoms with Gasteiger partial charge in [0.25, 0.3) is 0 Å². The highest BCUT2D eigenvalue weighted by Crippen LogP contribution is 2.26. The van der Waals surface area contributed by atoms with Crippen LogP contribution in [-0.4, -0.2) is 45.4 Å². The molecule has 0 spiro atoms. The summed E-state index contributed by atoms with van der Waals surface area (Å²) < 4.78 is 1.68. The molecule has 0 aliphatic carbocycles. The number of hydrogen-bond donors (Lipinski definition) is 1. The molecule has 4 rings (SSSR count). The van der Waals surface area contributed by atoms with Crippen LogP contribution in [0.25, 0.3) is 10.9 Å². The van der Waals surface area contributed by atoms with Crippen LogP contribution in [0, 0.1) is 0 Å². The Hall–Kier alpha value is -2.93. The van der Waals surface area contributed by atoms with Crippen molar-refractivity contribution in [1.82, 2.24) is 14.8 Å². The molecule has 0 unspecified atom stereocenters. The average molecular weight is 337 g/mol. The van der Waals surface area contributed by atoms with E-state index in [9.17, 15) is 9.90 Å². The summed E-state index contributed by atoms with van der Waals surface area (Å²) in [6.07, 6.45) is 3.53. The summed E-state index contributed by atoms with van der Waals surface area (Å²) in [6.45, 7) is 1.33. The molecule has 2 aromatic heterocycles. The van der Waals surface area contributed by atoms with E-state index in [0.29, 0.717) is 18.9 Å². The molecule has 1 fully saturated rings. The third kappa shape index (κ3) is 2.83. The Balaban J connectivity index is 1.63. The first-order valence-electron chi connectivity index (χ1n) is 8.19. The van der Waals surface area contributed by atoms with Gasteiger partial charge in [-0.05, 0) is 12.1 Å². The average Bonchev–Trinajstić information content (AvgIpc) is 3.06. The maximum atomic E-state index is 12.6. The lowest BCUT2D eigenvalue weighted by molar-refractivity contribution is -0.117. The Kier molecular flexibility index (Phi) is 3.85. The van der Waals surface area contributed by atoms with Gasteiger partial charge in [0, 0.05) is 37.3 Å². The van der Waals surface area contributed by atoms with Crippen LogP contribution >= 0.6 is 0 Å². The number of benzene rings is 1. The Morgan fingerprint density at radius 1 is 1.24 bits per heavy atom. The summed E-state index contributed by atoms with van der Waals surface area (Å²) >= 11 is 0. The SMILES string of the molecule is Cn1cc(N2CCN(c3nc4ccccc4cc3CO)CC2=O)cn1. The van der Waals surface area contributed by atoms with E-state index in [2.05, 4.69) is 10.1 Å². The number of aryl methyl sites for hydroxylation is 1. The van der Waals surface area contributed by atoms with Crippen LogP contribution in [-0.2, 0) is 18.4 Å². The molecule has 1 N–H and O–H groups in total. The zero-order valence-corrected chi connectivity index (χ0v) is 14.0. The zero-order chi connectivity index (χ0) is 17.4. The third-order valence-electron chi connectivity index (χ3n) is 4.47.